The second-order valence-corrected chi connectivity index (χ2v) is 7.84. The van der Waals surface area contributed by atoms with Crippen molar-refractivity contribution in [3.8, 4) is 0 Å². The first kappa shape index (κ1) is 20.9. The lowest BCUT2D eigenvalue weighted by molar-refractivity contribution is -0.0884. The number of nitrogens with zero attached hydrogens (tertiary/aromatic N) is 1. The third-order valence-electron chi connectivity index (χ3n) is 4.73. The summed E-state index contributed by atoms with van der Waals surface area (Å²) in [5.74, 6) is -1.84. The lowest BCUT2D eigenvalue weighted by Crippen LogP contribution is -2.43. The van der Waals surface area contributed by atoms with Crippen LogP contribution in [0.5, 0.6) is 0 Å². The zero-order chi connectivity index (χ0) is 20.3. The largest absolute Gasteiger partial charge is 0.454 e. The number of nitrogens with one attached hydrogen (secondary N) is 2. The van der Waals surface area contributed by atoms with Crippen LogP contribution in [0.15, 0.2) is 42.5 Å². The number of carbonyl (C=O) groups excluding carboxylic acids is 1. The number of piperazine rings is 1. The Morgan fingerprint density at radius 2 is 1.86 bits per heavy atom. The second-order valence-electron chi connectivity index (χ2n) is 6.68. The van der Waals surface area contributed by atoms with Gasteiger partial charge in [0.05, 0.1) is 5.56 Å². The van der Waals surface area contributed by atoms with Crippen molar-refractivity contribution in [3.05, 3.63) is 57.2 Å². The van der Waals surface area contributed by atoms with Gasteiger partial charge in [0.2, 0.25) is 0 Å². The van der Waals surface area contributed by atoms with Gasteiger partial charge in [0.15, 0.2) is 0 Å². The number of ketones is 1. The van der Waals surface area contributed by atoms with Crippen LogP contribution in [-0.2, 0) is 0 Å². The Bertz CT molecular complexity index is 851. The molecule has 8 heteroatoms. The summed E-state index contributed by atoms with van der Waals surface area (Å²) in [6.45, 7) is 5.02. The predicted molar refractivity (Wildman–Crippen MR) is 113 cm³/mol. The lowest BCUT2D eigenvalue weighted by atomic mass is 10.0. The topological polar surface area (TPSA) is 44.4 Å². The van der Waals surface area contributed by atoms with E-state index in [1.165, 1.54) is 6.07 Å². The van der Waals surface area contributed by atoms with E-state index in [0.717, 1.165) is 41.0 Å². The number of carbonyl (C=O) groups is 1. The molecule has 0 aromatic heterocycles. The van der Waals surface area contributed by atoms with Crippen molar-refractivity contribution in [1.82, 2.24) is 5.32 Å². The Kier molecular flexibility index (Phi) is 6.49. The molecule has 4 nitrogen and oxygen atoms in total. The number of anilines is 2. The summed E-state index contributed by atoms with van der Waals surface area (Å²) in [6.07, 6.45) is -4.92. The highest BCUT2D eigenvalue weighted by molar-refractivity contribution is 14.1. The van der Waals surface area contributed by atoms with Crippen LogP contribution in [0.25, 0.3) is 0 Å². The van der Waals surface area contributed by atoms with Crippen molar-refractivity contribution in [2.45, 2.75) is 19.1 Å². The fourth-order valence-corrected chi connectivity index (χ4v) is 4.11. The summed E-state index contributed by atoms with van der Waals surface area (Å²) in [6, 6.07) is 11.9. The maximum absolute atomic E-state index is 13.1. The van der Waals surface area contributed by atoms with Crippen molar-refractivity contribution in [1.29, 1.82) is 0 Å². The molecule has 1 aliphatic heterocycles. The second kappa shape index (κ2) is 8.69. The number of alkyl halides is 3. The fourth-order valence-electron chi connectivity index (χ4n) is 3.26. The van der Waals surface area contributed by atoms with Crippen molar-refractivity contribution >= 4 is 39.7 Å². The van der Waals surface area contributed by atoms with Gasteiger partial charge in [0.25, 0.3) is 5.78 Å². The van der Waals surface area contributed by atoms with Gasteiger partial charge < -0.3 is 15.5 Å². The number of Topliss-reactive ketones (excluding diaryl/α,β-unsaturated/α-hetero) is 1. The molecule has 3 rings (SSSR count). The zero-order valence-corrected chi connectivity index (χ0v) is 17.5. The highest BCUT2D eigenvalue weighted by Crippen LogP contribution is 2.33. The van der Waals surface area contributed by atoms with Gasteiger partial charge >= 0.3 is 6.18 Å². The van der Waals surface area contributed by atoms with Crippen LogP contribution in [0.2, 0.25) is 0 Å². The lowest BCUT2D eigenvalue weighted by Gasteiger charge is -2.30. The summed E-state index contributed by atoms with van der Waals surface area (Å²) < 4.78 is 40.3. The Labute approximate surface area is 175 Å². The van der Waals surface area contributed by atoms with Gasteiger partial charge in [-0.05, 0) is 59.3 Å². The summed E-state index contributed by atoms with van der Waals surface area (Å²) >= 11 is 2.19. The van der Waals surface area contributed by atoms with Crippen molar-refractivity contribution in [2.24, 2.45) is 0 Å². The van der Waals surface area contributed by atoms with Crippen molar-refractivity contribution < 1.29 is 18.0 Å². The number of halogens is 4. The molecule has 0 aliphatic carbocycles. The maximum Gasteiger partial charge on any atom is 0.454 e. The quantitative estimate of drug-likeness (QED) is 0.462. The number of hydrogen-bond acceptors (Lipinski definition) is 4. The summed E-state index contributed by atoms with van der Waals surface area (Å²) in [4.78, 5) is 14.1. The molecule has 0 radical (unpaired) electrons. The van der Waals surface area contributed by atoms with E-state index in [2.05, 4.69) is 38.1 Å². The highest BCUT2D eigenvalue weighted by atomic mass is 127. The Hall–Kier alpha value is -1.81. The van der Waals surface area contributed by atoms with Gasteiger partial charge in [-0.2, -0.15) is 13.2 Å². The average molecular weight is 503 g/mol. The molecule has 1 atom stereocenters. The molecule has 1 heterocycles. The summed E-state index contributed by atoms with van der Waals surface area (Å²) in [5, 5.41) is 6.38. The van der Waals surface area contributed by atoms with E-state index in [4.69, 9.17) is 0 Å². The van der Waals surface area contributed by atoms with E-state index in [-0.39, 0.29) is 17.3 Å². The molecule has 2 aromatic carbocycles. The third kappa shape index (κ3) is 4.78. The van der Waals surface area contributed by atoms with Crippen LogP contribution < -0.4 is 15.5 Å². The van der Waals surface area contributed by atoms with E-state index in [0.29, 0.717) is 0 Å². The first-order chi connectivity index (χ1) is 13.3. The first-order valence-electron chi connectivity index (χ1n) is 8.99. The Morgan fingerprint density at radius 3 is 2.50 bits per heavy atom. The number of hydrogen-bond donors (Lipinski definition) is 2. The van der Waals surface area contributed by atoms with Crippen LogP contribution >= 0.6 is 22.6 Å². The van der Waals surface area contributed by atoms with Gasteiger partial charge in [0, 0.05) is 47.2 Å². The Balaban J connectivity index is 1.96. The van der Waals surface area contributed by atoms with E-state index in [1.54, 1.807) is 12.1 Å². The van der Waals surface area contributed by atoms with Crippen molar-refractivity contribution in [2.75, 3.05) is 36.4 Å². The van der Waals surface area contributed by atoms with E-state index < -0.39 is 12.0 Å². The molecule has 1 fully saturated rings. The molecule has 2 aromatic rings. The third-order valence-corrected chi connectivity index (χ3v) is 5.71. The standard InChI is InChI=1S/C20H21F3IN3O/c1-13(15-4-2-3-5-17(15)24)26-18-12-14(27-10-8-25-9-11-27)6-7-16(18)19(28)20(21,22)23/h2-7,12-13,25-26H,8-11H2,1H3. The number of rotatable bonds is 5. The van der Waals surface area contributed by atoms with Gasteiger partial charge in [-0.25, -0.2) is 0 Å². The highest BCUT2D eigenvalue weighted by Gasteiger charge is 2.40. The zero-order valence-electron chi connectivity index (χ0n) is 15.3. The minimum absolute atomic E-state index is 0.200. The molecule has 28 heavy (non-hydrogen) atoms. The van der Waals surface area contributed by atoms with Gasteiger partial charge in [-0.1, -0.05) is 18.2 Å². The van der Waals surface area contributed by atoms with E-state index >= 15 is 0 Å². The molecule has 0 saturated carbocycles. The Morgan fingerprint density at radius 1 is 1.18 bits per heavy atom. The van der Waals surface area contributed by atoms with Crippen LogP contribution in [0, 0.1) is 3.57 Å². The first-order valence-corrected chi connectivity index (χ1v) is 10.1. The van der Waals surface area contributed by atoms with Gasteiger partial charge in [-0.15, -0.1) is 0 Å². The molecular formula is C20H21F3IN3O. The monoisotopic (exact) mass is 503 g/mol. The van der Waals surface area contributed by atoms with Gasteiger partial charge in [-0.3, -0.25) is 4.79 Å². The number of benzene rings is 2. The molecule has 2 N–H and O–H groups in total. The minimum Gasteiger partial charge on any atom is -0.378 e. The van der Waals surface area contributed by atoms with Crippen LogP contribution in [-0.4, -0.2) is 38.1 Å². The summed E-state index contributed by atoms with van der Waals surface area (Å²) in [7, 11) is 0. The molecule has 0 bridgehead atoms. The van der Waals surface area contributed by atoms with Crippen molar-refractivity contribution in [3.63, 3.8) is 0 Å². The fraction of sp³-hybridized carbons (Fsp3) is 0.350. The van der Waals surface area contributed by atoms with Crippen LogP contribution in [0.1, 0.15) is 28.9 Å². The van der Waals surface area contributed by atoms with Crippen LogP contribution in [0.4, 0.5) is 24.5 Å². The molecule has 1 unspecified atom stereocenters. The average Bonchev–Trinajstić information content (AvgIpc) is 2.67. The molecule has 1 aliphatic rings. The minimum atomic E-state index is -4.92. The van der Waals surface area contributed by atoms with Gasteiger partial charge in [0.1, 0.15) is 0 Å². The molecule has 1 saturated heterocycles. The maximum atomic E-state index is 13.1. The van der Waals surface area contributed by atoms with E-state index in [1.807, 2.05) is 31.2 Å². The molecule has 0 spiro atoms. The summed E-state index contributed by atoms with van der Waals surface area (Å²) in [5.41, 5.74) is 1.61. The van der Waals surface area contributed by atoms with E-state index in [9.17, 15) is 18.0 Å². The smallest absolute Gasteiger partial charge is 0.378 e. The predicted octanol–water partition coefficient (Wildman–Crippen LogP) is 4.62. The SMILES string of the molecule is CC(Nc1cc(N2CCNCC2)ccc1C(=O)C(F)(F)F)c1ccccc1I. The molecular weight excluding hydrogens is 482 g/mol. The normalized spacial score (nSPS) is 16.0. The molecule has 0 amide bonds. The van der Waals surface area contributed by atoms with Crippen LogP contribution in [0.3, 0.4) is 0 Å². The molecule has 150 valence electrons.